The van der Waals surface area contributed by atoms with E-state index in [4.69, 9.17) is 4.74 Å². The topological polar surface area (TPSA) is 50.5 Å². The van der Waals surface area contributed by atoms with Crippen molar-refractivity contribution in [2.24, 2.45) is 7.05 Å². The Morgan fingerprint density at radius 1 is 1.38 bits per heavy atom. The van der Waals surface area contributed by atoms with Gasteiger partial charge in [0.25, 0.3) is 0 Å². The summed E-state index contributed by atoms with van der Waals surface area (Å²) in [5.41, 5.74) is 3.47. The summed E-state index contributed by atoms with van der Waals surface area (Å²) in [6.07, 6.45) is 2.68. The third-order valence-electron chi connectivity index (χ3n) is 4.22. The number of nitrogens with zero attached hydrogens (tertiary/aromatic N) is 3. The lowest BCUT2D eigenvalue weighted by molar-refractivity contribution is 0.0959. The molecule has 2 aromatic rings. The number of benzene rings is 1. The number of rotatable bonds is 4. The number of fused-ring (bicyclic) bond motifs is 1. The molecular formula is C16H21N3O2. The molecule has 1 aliphatic rings. The molecule has 1 aliphatic heterocycles. The molecule has 0 unspecified atom stereocenters. The van der Waals surface area contributed by atoms with Crippen LogP contribution in [0.1, 0.15) is 17.0 Å². The van der Waals surface area contributed by atoms with E-state index >= 15 is 0 Å². The number of methoxy groups -OCH3 is 1. The second-order valence-electron chi connectivity index (χ2n) is 5.51. The van der Waals surface area contributed by atoms with Crippen molar-refractivity contribution in [1.82, 2.24) is 14.5 Å². The molecule has 0 fully saturated rings. The van der Waals surface area contributed by atoms with E-state index < -0.39 is 0 Å². The average Bonchev–Trinajstić information content (AvgIpc) is 2.87. The van der Waals surface area contributed by atoms with Crippen LogP contribution in [0.2, 0.25) is 0 Å². The zero-order valence-electron chi connectivity index (χ0n) is 12.5. The monoisotopic (exact) mass is 287 g/mol. The van der Waals surface area contributed by atoms with Crippen LogP contribution in [0.5, 0.6) is 5.75 Å². The molecule has 1 aromatic carbocycles. The molecule has 0 bridgehead atoms. The first-order chi connectivity index (χ1) is 10.2. The molecule has 1 aromatic heterocycles. The fraction of sp³-hybridized carbons (Fsp3) is 0.438. The van der Waals surface area contributed by atoms with Gasteiger partial charge in [0, 0.05) is 43.9 Å². The normalized spacial score (nSPS) is 18.5. The Labute approximate surface area is 124 Å². The fourth-order valence-electron chi connectivity index (χ4n) is 2.99. The predicted octanol–water partition coefficient (Wildman–Crippen LogP) is 1.35. The maximum atomic E-state index is 9.72. The number of hydrogen-bond acceptors (Lipinski definition) is 4. The maximum Gasteiger partial charge on any atom is 0.123 e. The lowest BCUT2D eigenvalue weighted by Gasteiger charge is -2.34. The van der Waals surface area contributed by atoms with E-state index in [0.29, 0.717) is 0 Å². The van der Waals surface area contributed by atoms with Crippen molar-refractivity contribution in [1.29, 1.82) is 0 Å². The van der Waals surface area contributed by atoms with Crippen molar-refractivity contribution >= 4 is 0 Å². The van der Waals surface area contributed by atoms with Crippen LogP contribution in [-0.2, 0) is 26.6 Å². The first kappa shape index (κ1) is 14.1. The summed E-state index contributed by atoms with van der Waals surface area (Å²) in [5.74, 6) is 0.890. The van der Waals surface area contributed by atoms with Gasteiger partial charge in [0.15, 0.2) is 0 Å². The highest BCUT2D eigenvalue weighted by Gasteiger charge is 2.28. The highest BCUT2D eigenvalue weighted by molar-refractivity contribution is 5.33. The molecule has 112 valence electrons. The van der Waals surface area contributed by atoms with Gasteiger partial charge in [0.2, 0.25) is 0 Å². The number of aliphatic hydroxyl groups excluding tert-OH is 1. The van der Waals surface area contributed by atoms with Crippen LogP contribution in [0.15, 0.2) is 30.6 Å². The van der Waals surface area contributed by atoms with Crippen LogP contribution in [-0.4, -0.2) is 39.3 Å². The standard InChI is InChI=1S/C16H21N3O2/c1-18-11-17-14-9-19(13(10-20)7-15(14)18)8-12-5-3-4-6-16(12)21-2/h3-6,11,13,20H,7-10H2,1-2H3/t13-/m0/s1. The highest BCUT2D eigenvalue weighted by atomic mass is 16.5. The quantitative estimate of drug-likeness (QED) is 0.922. The Balaban J connectivity index is 1.84. The summed E-state index contributed by atoms with van der Waals surface area (Å²) in [6.45, 7) is 1.67. The summed E-state index contributed by atoms with van der Waals surface area (Å²) in [7, 11) is 3.70. The lowest BCUT2D eigenvalue weighted by atomic mass is 10.0. The summed E-state index contributed by atoms with van der Waals surface area (Å²) >= 11 is 0. The van der Waals surface area contributed by atoms with Crippen LogP contribution in [0.25, 0.3) is 0 Å². The molecule has 0 spiro atoms. The Kier molecular flexibility index (Phi) is 3.94. The van der Waals surface area contributed by atoms with E-state index in [0.717, 1.165) is 36.5 Å². The zero-order chi connectivity index (χ0) is 14.8. The molecule has 5 heteroatoms. The Bertz CT molecular complexity index is 624. The molecule has 0 aliphatic carbocycles. The molecule has 1 N–H and O–H groups in total. The Morgan fingerprint density at radius 3 is 2.95 bits per heavy atom. The Morgan fingerprint density at radius 2 is 2.19 bits per heavy atom. The number of ether oxygens (including phenoxy) is 1. The zero-order valence-corrected chi connectivity index (χ0v) is 12.5. The van der Waals surface area contributed by atoms with Crippen LogP contribution in [0.3, 0.4) is 0 Å². The fourth-order valence-corrected chi connectivity index (χ4v) is 2.99. The van der Waals surface area contributed by atoms with Crippen molar-refractivity contribution in [3.8, 4) is 5.75 Å². The van der Waals surface area contributed by atoms with E-state index in [1.165, 1.54) is 5.69 Å². The van der Waals surface area contributed by atoms with Crippen molar-refractivity contribution < 1.29 is 9.84 Å². The molecule has 0 saturated heterocycles. The van der Waals surface area contributed by atoms with Gasteiger partial charge >= 0.3 is 0 Å². The van der Waals surface area contributed by atoms with Gasteiger partial charge in [-0.05, 0) is 6.07 Å². The van der Waals surface area contributed by atoms with Crippen LogP contribution >= 0.6 is 0 Å². The summed E-state index contributed by atoms with van der Waals surface area (Å²) in [6, 6.07) is 8.15. The van der Waals surface area contributed by atoms with Gasteiger partial charge in [-0.15, -0.1) is 0 Å². The molecule has 1 atom stereocenters. The first-order valence-corrected chi connectivity index (χ1v) is 7.18. The van der Waals surface area contributed by atoms with Gasteiger partial charge in [-0.3, -0.25) is 4.90 Å². The van der Waals surface area contributed by atoms with Gasteiger partial charge in [0.1, 0.15) is 5.75 Å². The van der Waals surface area contributed by atoms with Gasteiger partial charge in [-0.2, -0.15) is 0 Å². The number of aromatic nitrogens is 2. The smallest absolute Gasteiger partial charge is 0.123 e. The third-order valence-corrected chi connectivity index (χ3v) is 4.22. The molecule has 0 radical (unpaired) electrons. The molecule has 0 saturated carbocycles. The second kappa shape index (κ2) is 5.87. The number of imidazole rings is 1. The summed E-state index contributed by atoms with van der Waals surface area (Å²) < 4.78 is 7.47. The van der Waals surface area contributed by atoms with E-state index in [2.05, 4.69) is 20.5 Å². The van der Waals surface area contributed by atoms with Gasteiger partial charge in [-0.25, -0.2) is 4.98 Å². The SMILES string of the molecule is COc1ccccc1CN1Cc2ncn(C)c2C[C@H]1CO. The minimum atomic E-state index is 0.123. The summed E-state index contributed by atoms with van der Waals surface area (Å²) in [4.78, 5) is 6.74. The third kappa shape index (κ3) is 2.66. The average molecular weight is 287 g/mol. The number of hydrogen-bond donors (Lipinski definition) is 1. The Hall–Kier alpha value is -1.85. The predicted molar refractivity (Wildman–Crippen MR) is 80.0 cm³/mol. The minimum Gasteiger partial charge on any atom is -0.496 e. The number of aryl methyl sites for hydroxylation is 1. The largest absolute Gasteiger partial charge is 0.496 e. The van der Waals surface area contributed by atoms with Crippen LogP contribution in [0, 0.1) is 0 Å². The van der Waals surface area contributed by atoms with Crippen LogP contribution in [0.4, 0.5) is 0 Å². The number of para-hydroxylation sites is 1. The van der Waals surface area contributed by atoms with E-state index in [1.54, 1.807) is 7.11 Å². The van der Waals surface area contributed by atoms with Crippen LogP contribution < -0.4 is 4.74 Å². The number of aliphatic hydroxyl groups is 1. The summed E-state index contributed by atoms with van der Waals surface area (Å²) in [5, 5.41) is 9.72. The van der Waals surface area contributed by atoms with E-state index in [-0.39, 0.29) is 12.6 Å². The molecule has 0 amide bonds. The molecule has 21 heavy (non-hydrogen) atoms. The van der Waals surface area contributed by atoms with E-state index in [9.17, 15) is 5.11 Å². The highest BCUT2D eigenvalue weighted by Crippen LogP contribution is 2.26. The molecule has 2 heterocycles. The van der Waals surface area contributed by atoms with Gasteiger partial charge < -0.3 is 14.4 Å². The first-order valence-electron chi connectivity index (χ1n) is 7.18. The van der Waals surface area contributed by atoms with Crippen molar-refractivity contribution in [3.05, 3.63) is 47.5 Å². The van der Waals surface area contributed by atoms with Gasteiger partial charge in [0.05, 0.1) is 25.7 Å². The van der Waals surface area contributed by atoms with E-state index in [1.807, 2.05) is 31.6 Å². The van der Waals surface area contributed by atoms with Crippen molar-refractivity contribution in [2.75, 3.05) is 13.7 Å². The minimum absolute atomic E-state index is 0.123. The molecular weight excluding hydrogens is 266 g/mol. The molecule has 5 nitrogen and oxygen atoms in total. The maximum absolute atomic E-state index is 9.72. The van der Waals surface area contributed by atoms with Gasteiger partial charge in [-0.1, -0.05) is 18.2 Å². The lowest BCUT2D eigenvalue weighted by Crippen LogP contribution is -2.42. The molecule has 3 rings (SSSR count). The van der Waals surface area contributed by atoms with Crippen molar-refractivity contribution in [3.63, 3.8) is 0 Å². The second-order valence-corrected chi connectivity index (χ2v) is 5.51. The van der Waals surface area contributed by atoms with Crippen molar-refractivity contribution in [2.45, 2.75) is 25.6 Å².